The molecule has 98 valence electrons. The van der Waals surface area contributed by atoms with Crippen molar-refractivity contribution in [3.05, 3.63) is 0 Å². The second kappa shape index (κ2) is 5.36. The monoisotopic (exact) mass is 240 g/mol. The Bertz CT molecular complexity index is 281. The third kappa shape index (κ3) is 2.99. The van der Waals surface area contributed by atoms with Crippen LogP contribution in [0.15, 0.2) is 0 Å². The maximum Gasteiger partial charge on any atom is 0.241 e. The van der Waals surface area contributed by atoms with E-state index in [9.17, 15) is 4.79 Å². The minimum atomic E-state index is 0.0353. The van der Waals surface area contributed by atoms with Gasteiger partial charge in [0.2, 0.25) is 5.91 Å². The molecule has 2 fully saturated rings. The van der Waals surface area contributed by atoms with E-state index in [0.29, 0.717) is 18.6 Å². The largest absolute Gasteiger partial charge is 0.378 e. The van der Waals surface area contributed by atoms with E-state index in [1.807, 2.05) is 4.90 Å². The molecular formula is C13H24N2O2. The second-order valence-corrected chi connectivity index (χ2v) is 5.71. The van der Waals surface area contributed by atoms with Crippen molar-refractivity contribution in [3.8, 4) is 0 Å². The van der Waals surface area contributed by atoms with Crippen LogP contribution in [0.4, 0.5) is 0 Å². The Morgan fingerprint density at radius 2 is 2.29 bits per heavy atom. The molecule has 4 nitrogen and oxygen atoms in total. The van der Waals surface area contributed by atoms with Crippen LogP contribution in [0, 0.1) is 5.92 Å². The first-order valence-corrected chi connectivity index (χ1v) is 6.73. The van der Waals surface area contributed by atoms with Gasteiger partial charge < -0.3 is 9.64 Å². The molecule has 2 aliphatic rings. The molecule has 1 amide bonds. The summed E-state index contributed by atoms with van der Waals surface area (Å²) in [4.78, 5) is 14.3. The number of carbonyl (C=O) groups excluding carboxylic acids is 1. The van der Waals surface area contributed by atoms with E-state index in [0.717, 1.165) is 25.9 Å². The van der Waals surface area contributed by atoms with Crippen molar-refractivity contribution in [2.75, 3.05) is 13.3 Å². The number of nitrogens with one attached hydrogen (secondary N) is 1. The lowest BCUT2D eigenvalue weighted by Crippen LogP contribution is -2.43. The first kappa shape index (κ1) is 12.8. The summed E-state index contributed by atoms with van der Waals surface area (Å²) in [5.74, 6) is 0.850. The highest BCUT2D eigenvalue weighted by atomic mass is 16.5. The molecule has 3 unspecified atom stereocenters. The Kier molecular flexibility index (Phi) is 4.05. The number of hydrogen-bond donors (Lipinski definition) is 1. The van der Waals surface area contributed by atoms with Gasteiger partial charge in [0.15, 0.2) is 0 Å². The van der Waals surface area contributed by atoms with Crippen molar-refractivity contribution in [2.45, 2.75) is 58.2 Å². The summed E-state index contributed by atoms with van der Waals surface area (Å²) >= 11 is 0. The summed E-state index contributed by atoms with van der Waals surface area (Å²) in [6.07, 6.45) is 3.17. The highest BCUT2D eigenvalue weighted by Crippen LogP contribution is 2.23. The molecule has 0 radical (unpaired) electrons. The van der Waals surface area contributed by atoms with Crippen LogP contribution < -0.4 is 5.32 Å². The fourth-order valence-electron chi connectivity index (χ4n) is 2.80. The maximum absolute atomic E-state index is 12.3. The summed E-state index contributed by atoms with van der Waals surface area (Å²) in [5, 5.41) is 3.34. The molecule has 2 rings (SSSR count). The molecular weight excluding hydrogens is 216 g/mol. The lowest BCUT2D eigenvalue weighted by Gasteiger charge is -2.33. The number of ether oxygens (including phenoxy) is 1. The van der Waals surface area contributed by atoms with E-state index in [-0.39, 0.29) is 18.1 Å². The van der Waals surface area contributed by atoms with Crippen LogP contribution in [-0.2, 0) is 9.53 Å². The minimum absolute atomic E-state index is 0.0353. The lowest BCUT2D eigenvalue weighted by atomic mass is 10.0. The smallest absolute Gasteiger partial charge is 0.241 e. The van der Waals surface area contributed by atoms with Crippen LogP contribution in [0.2, 0.25) is 0 Å². The molecule has 0 aromatic rings. The Hall–Kier alpha value is -0.610. The fourth-order valence-corrected chi connectivity index (χ4v) is 2.80. The Labute approximate surface area is 104 Å². The Morgan fingerprint density at radius 3 is 2.94 bits per heavy atom. The van der Waals surface area contributed by atoms with E-state index in [1.165, 1.54) is 0 Å². The van der Waals surface area contributed by atoms with Gasteiger partial charge in [-0.3, -0.25) is 10.1 Å². The summed E-state index contributed by atoms with van der Waals surface area (Å²) in [6.45, 7) is 7.91. The van der Waals surface area contributed by atoms with Gasteiger partial charge in [-0.2, -0.15) is 0 Å². The van der Waals surface area contributed by atoms with Gasteiger partial charge in [-0.1, -0.05) is 13.8 Å². The van der Waals surface area contributed by atoms with Gasteiger partial charge in [-0.05, 0) is 32.1 Å². The summed E-state index contributed by atoms with van der Waals surface area (Å²) in [6, 6.07) is 0.407. The van der Waals surface area contributed by atoms with Crippen molar-refractivity contribution in [1.29, 1.82) is 0 Å². The van der Waals surface area contributed by atoms with Gasteiger partial charge in [-0.15, -0.1) is 0 Å². The zero-order chi connectivity index (χ0) is 12.4. The number of hydrogen-bond acceptors (Lipinski definition) is 3. The number of carbonyl (C=O) groups is 1. The molecule has 0 spiro atoms. The molecule has 0 saturated carbocycles. The molecule has 0 bridgehead atoms. The van der Waals surface area contributed by atoms with E-state index in [4.69, 9.17) is 4.74 Å². The summed E-state index contributed by atoms with van der Waals surface area (Å²) in [7, 11) is 0. The van der Waals surface area contributed by atoms with E-state index < -0.39 is 0 Å². The lowest BCUT2D eigenvalue weighted by molar-refractivity contribution is -0.133. The van der Waals surface area contributed by atoms with Gasteiger partial charge in [0.05, 0.1) is 18.8 Å². The molecule has 2 saturated heterocycles. The van der Waals surface area contributed by atoms with E-state index in [2.05, 4.69) is 26.1 Å². The maximum atomic E-state index is 12.3. The van der Waals surface area contributed by atoms with E-state index >= 15 is 0 Å². The Balaban J connectivity index is 1.92. The standard InChI is InChI=1S/C13H24N2O2/c1-9(2)6-12-13(16)15(8-14-12)11-4-5-17-10(3)7-11/h9-12,14H,4-8H2,1-3H3. The average molecular weight is 240 g/mol. The normalized spacial score (nSPS) is 34.7. The van der Waals surface area contributed by atoms with Crippen LogP contribution >= 0.6 is 0 Å². The van der Waals surface area contributed by atoms with Gasteiger partial charge in [0, 0.05) is 12.6 Å². The predicted molar refractivity (Wildman–Crippen MR) is 66.5 cm³/mol. The summed E-state index contributed by atoms with van der Waals surface area (Å²) < 4.78 is 5.54. The topological polar surface area (TPSA) is 41.6 Å². The highest BCUT2D eigenvalue weighted by Gasteiger charge is 2.37. The van der Waals surface area contributed by atoms with Crippen LogP contribution in [0.25, 0.3) is 0 Å². The molecule has 17 heavy (non-hydrogen) atoms. The molecule has 0 aromatic carbocycles. The van der Waals surface area contributed by atoms with Crippen molar-refractivity contribution in [2.24, 2.45) is 5.92 Å². The molecule has 2 aliphatic heterocycles. The molecule has 0 aromatic heterocycles. The zero-order valence-electron chi connectivity index (χ0n) is 11.1. The van der Waals surface area contributed by atoms with Crippen molar-refractivity contribution >= 4 is 5.91 Å². The van der Waals surface area contributed by atoms with Crippen molar-refractivity contribution < 1.29 is 9.53 Å². The van der Waals surface area contributed by atoms with E-state index in [1.54, 1.807) is 0 Å². The Morgan fingerprint density at radius 1 is 1.53 bits per heavy atom. The third-order valence-electron chi connectivity index (χ3n) is 3.69. The summed E-state index contributed by atoms with van der Waals surface area (Å²) in [5.41, 5.74) is 0. The van der Waals surface area contributed by atoms with Crippen molar-refractivity contribution in [1.82, 2.24) is 10.2 Å². The zero-order valence-corrected chi connectivity index (χ0v) is 11.1. The quantitative estimate of drug-likeness (QED) is 0.810. The fraction of sp³-hybridized carbons (Fsp3) is 0.923. The first-order chi connectivity index (χ1) is 8.08. The first-order valence-electron chi connectivity index (χ1n) is 6.73. The van der Waals surface area contributed by atoms with Gasteiger partial charge >= 0.3 is 0 Å². The highest BCUT2D eigenvalue weighted by molar-refractivity contribution is 5.84. The number of rotatable bonds is 3. The molecule has 0 aliphatic carbocycles. The average Bonchev–Trinajstić information content (AvgIpc) is 2.60. The van der Waals surface area contributed by atoms with Crippen LogP contribution in [-0.4, -0.2) is 42.3 Å². The minimum Gasteiger partial charge on any atom is -0.378 e. The molecule has 4 heteroatoms. The van der Waals surface area contributed by atoms with Gasteiger partial charge in [0.25, 0.3) is 0 Å². The number of nitrogens with zero attached hydrogens (tertiary/aromatic N) is 1. The predicted octanol–water partition coefficient (Wildman–Crippen LogP) is 1.36. The molecule has 3 atom stereocenters. The van der Waals surface area contributed by atoms with Crippen LogP contribution in [0.1, 0.15) is 40.0 Å². The number of amides is 1. The SMILES string of the molecule is CC(C)CC1NCN(C2CCOC(C)C2)C1=O. The van der Waals surface area contributed by atoms with Crippen LogP contribution in [0.3, 0.4) is 0 Å². The molecule has 2 heterocycles. The van der Waals surface area contributed by atoms with Gasteiger partial charge in [0.1, 0.15) is 0 Å². The van der Waals surface area contributed by atoms with Gasteiger partial charge in [-0.25, -0.2) is 0 Å². The van der Waals surface area contributed by atoms with Crippen LogP contribution in [0.5, 0.6) is 0 Å². The molecule has 1 N–H and O–H groups in total. The second-order valence-electron chi connectivity index (χ2n) is 5.71. The third-order valence-corrected chi connectivity index (χ3v) is 3.69. The van der Waals surface area contributed by atoms with Crippen molar-refractivity contribution in [3.63, 3.8) is 0 Å².